The molecule has 5 aliphatic rings. The minimum absolute atomic E-state index is 0.0522. The Kier molecular flexibility index (Phi) is 15.4. The van der Waals surface area contributed by atoms with Crippen LogP contribution >= 0.6 is 0 Å². The van der Waals surface area contributed by atoms with Crippen molar-refractivity contribution in [2.75, 3.05) is 6.54 Å². The summed E-state index contributed by atoms with van der Waals surface area (Å²) in [4.78, 5) is 92.2. The van der Waals surface area contributed by atoms with Gasteiger partial charge < -0.3 is 51.4 Å². The average Bonchev–Trinajstić information content (AvgIpc) is 3.76. The van der Waals surface area contributed by atoms with Gasteiger partial charge in [-0.3, -0.25) is 33.6 Å². The molecule has 0 aromatic heterocycles. The van der Waals surface area contributed by atoms with Gasteiger partial charge in [-0.1, -0.05) is 55.4 Å². The van der Waals surface area contributed by atoms with Crippen molar-refractivity contribution in [2.24, 2.45) is 40.7 Å². The van der Waals surface area contributed by atoms with E-state index in [-0.39, 0.29) is 23.8 Å². The average molecular weight is 819 g/mol. The summed E-state index contributed by atoms with van der Waals surface area (Å²) in [6.45, 7) is 18.1. The van der Waals surface area contributed by atoms with Crippen molar-refractivity contribution in [1.82, 2.24) is 26.2 Å². The molecule has 0 aromatic carbocycles. The van der Waals surface area contributed by atoms with E-state index < -0.39 is 109 Å². The smallest absolute Gasteiger partial charge is 0.481 e. The van der Waals surface area contributed by atoms with E-state index >= 15 is 0 Å². The fraction of sp³-hybridized carbons (Fsp3) is 0.825. The summed E-state index contributed by atoms with van der Waals surface area (Å²) >= 11 is 0. The molecule has 17 nitrogen and oxygen atoms in total. The molecule has 10 atom stereocenters. The maximum absolute atomic E-state index is 14.3. The molecule has 3 aliphatic carbocycles. The van der Waals surface area contributed by atoms with Crippen LogP contribution in [-0.2, 0) is 42.9 Å². The van der Waals surface area contributed by atoms with Gasteiger partial charge in [-0.2, -0.15) is 0 Å². The number of likely N-dealkylation sites (tertiary alicyclic amines) is 1. The number of nitrogens with zero attached hydrogens (tertiary/aromatic N) is 1. The summed E-state index contributed by atoms with van der Waals surface area (Å²) < 4.78 is 13.4. The second-order valence-corrected chi connectivity index (χ2v) is 18.8. The number of rotatable bonds is 20. The van der Waals surface area contributed by atoms with Crippen LogP contribution in [0.25, 0.3) is 0 Å². The van der Waals surface area contributed by atoms with Crippen LogP contribution in [0.3, 0.4) is 0 Å². The Labute approximate surface area is 342 Å². The summed E-state index contributed by atoms with van der Waals surface area (Å²) in [6, 6.07) is -6.02. The molecule has 8 N–H and O–H groups in total. The van der Waals surface area contributed by atoms with E-state index in [0.29, 0.717) is 43.6 Å². The lowest BCUT2D eigenvalue weighted by molar-refractivity contribution is -0.199. The van der Waals surface area contributed by atoms with Gasteiger partial charge in [0.25, 0.3) is 0 Å². The van der Waals surface area contributed by atoms with E-state index in [1.807, 2.05) is 0 Å². The Balaban J connectivity index is 1.45. The van der Waals surface area contributed by atoms with E-state index in [2.05, 4.69) is 55.9 Å². The number of aliphatic carboxylic acids is 2. The first-order valence-corrected chi connectivity index (χ1v) is 21.0. The van der Waals surface area contributed by atoms with E-state index in [9.17, 15) is 38.7 Å². The maximum atomic E-state index is 14.3. The van der Waals surface area contributed by atoms with Crippen LogP contribution in [-0.4, -0.2) is 118 Å². The molecule has 0 radical (unpaired) electrons. The largest absolute Gasteiger partial charge is 0.481 e. The van der Waals surface area contributed by atoms with Crippen LogP contribution in [0.15, 0.2) is 0 Å². The molecule has 0 unspecified atom stereocenters. The Morgan fingerprint density at radius 3 is 2.02 bits per heavy atom. The Morgan fingerprint density at radius 2 is 1.45 bits per heavy atom. The molecule has 2 saturated heterocycles. The molecule has 326 valence electrons. The van der Waals surface area contributed by atoms with Crippen LogP contribution in [0.2, 0.25) is 0 Å². The standard InChI is InChI=1S/C40H67BN6O11/c1-20(2)12-14-29(41-57-28-18-23-17-27(39(23,7)8)40(28,9)58-41)44-36(54)26-11-10-16-47(26)38(56)33(22(5)6)46-37(55)32(21(3)4)45-35(53)25(13-15-30(48)49)43-34(52)24(42)19-31(50)51/h20-29,32-33H,10-19,42H2,1-9H3,(H,43,52)(H,44,54)(H,45,53)(H,46,55)(H,48,49)(H,50,51)/t23-,24-,25-,26+,27-,28+,29-,32-,33-,40-/m0/s1. The quantitative estimate of drug-likeness (QED) is 0.0866. The van der Waals surface area contributed by atoms with E-state index in [0.717, 1.165) is 19.3 Å². The molecule has 5 rings (SSSR count). The third-order valence-electron chi connectivity index (χ3n) is 13.0. The number of nitrogens with one attached hydrogen (secondary N) is 4. The second kappa shape index (κ2) is 19.1. The molecule has 2 bridgehead atoms. The monoisotopic (exact) mass is 818 g/mol. The van der Waals surface area contributed by atoms with Gasteiger partial charge in [-0.15, -0.1) is 0 Å². The highest BCUT2D eigenvalue weighted by molar-refractivity contribution is 6.48. The molecular formula is C40H67BN6O11. The van der Waals surface area contributed by atoms with Gasteiger partial charge in [0.15, 0.2) is 0 Å². The summed E-state index contributed by atoms with van der Waals surface area (Å²) in [6.07, 6.45) is 2.86. The fourth-order valence-electron chi connectivity index (χ4n) is 9.26. The SMILES string of the molecule is CC(C)CC[C@H](NC(=O)[C@H]1CCCN1C(=O)[C@@H](NC(=O)[C@@H](NC(=O)[C@H](CCC(=O)O)NC(=O)[C@@H](N)CC(=O)O)C(C)C)C(C)C)B1O[C@@H]2C[C@@H]3C[C@@H](C3(C)C)[C@]2(C)O1. The molecule has 5 fully saturated rings. The first-order valence-electron chi connectivity index (χ1n) is 21.0. The van der Waals surface area contributed by atoms with Gasteiger partial charge in [0.2, 0.25) is 29.5 Å². The molecule has 58 heavy (non-hydrogen) atoms. The number of amides is 5. The first kappa shape index (κ1) is 46.9. The molecule has 3 saturated carbocycles. The predicted octanol–water partition coefficient (Wildman–Crippen LogP) is 1.60. The lowest BCUT2D eigenvalue weighted by Crippen LogP contribution is -2.65. The second-order valence-electron chi connectivity index (χ2n) is 18.8. The highest BCUT2D eigenvalue weighted by atomic mass is 16.7. The van der Waals surface area contributed by atoms with Crippen molar-refractivity contribution < 1.29 is 53.1 Å². The van der Waals surface area contributed by atoms with Gasteiger partial charge in [0.1, 0.15) is 24.2 Å². The number of carboxylic acids is 2. The summed E-state index contributed by atoms with van der Waals surface area (Å²) in [5.41, 5.74) is 5.37. The van der Waals surface area contributed by atoms with Crippen LogP contribution < -0.4 is 27.0 Å². The first-order chi connectivity index (χ1) is 27.0. The highest BCUT2D eigenvalue weighted by Gasteiger charge is 2.68. The molecule has 5 amide bonds. The number of hydrogen-bond donors (Lipinski definition) is 7. The lowest BCUT2D eigenvalue weighted by atomic mass is 9.43. The van der Waals surface area contributed by atoms with Crippen molar-refractivity contribution in [3.63, 3.8) is 0 Å². The topological polar surface area (TPSA) is 256 Å². The van der Waals surface area contributed by atoms with Gasteiger partial charge in [0, 0.05) is 13.0 Å². The number of carboxylic acid groups (broad SMARTS) is 2. The van der Waals surface area contributed by atoms with Gasteiger partial charge in [-0.05, 0) is 86.9 Å². The summed E-state index contributed by atoms with van der Waals surface area (Å²) in [5.74, 6) is -5.94. The summed E-state index contributed by atoms with van der Waals surface area (Å²) in [5, 5.41) is 29.1. The summed E-state index contributed by atoms with van der Waals surface area (Å²) in [7, 11) is -0.622. The van der Waals surface area contributed by atoms with Crippen molar-refractivity contribution in [3.8, 4) is 0 Å². The zero-order chi connectivity index (χ0) is 43.4. The van der Waals surface area contributed by atoms with Crippen molar-refractivity contribution in [3.05, 3.63) is 0 Å². The van der Waals surface area contributed by atoms with Crippen molar-refractivity contribution in [2.45, 2.75) is 168 Å². The molecule has 0 spiro atoms. The van der Waals surface area contributed by atoms with Crippen molar-refractivity contribution >= 4 is 48.6 Å². The third-order valence-corrected chi connectivity index (χ3v) is 13.0. The highest BCUT2D eigenvalue weighted by Crippen LogP contribution is 2.65. The maximum Gasteiger partial charge on any atom is 0.481 e. The zero-order valence-electron chi connectivity index (χ0n) is 35.7. The number of carbonyl (C=O) groups is 7. The molecule has 2 heterocycles. The Bertz CT molecular complexity index is 1560. The van der Waals surface area contributed by atoms with Crippen LogP contribution in [0.4, 0.5) is 0 Å². The minimum Gasteiger partial charge on any atom is -0.481 e. The number of hydrogen-bond acceptors (Lipinski definition) is 10. The molecule has 2 aliphatic heterocycles. The Morgan fingerprint density at radius 1 is 0.810 bits per heavy atom. The predicted molar refractivity (Wildman–Crippen MR) is 213 cm³/mol. The van der Waals surface area contributed by atoms with Crippen LogP contribution in [0.1, 0.15) is 120 Å². The zero-order valence-corrected chi connectivity index (χ0v) is 35.7. The fourth-order valence-corrected chi connectivity index (χ4v) is 9.26. The minimum atomic E-state index is -1.50. The number of nitrogens with two attached hydrogens (primary N) is 1. The Hall–Kier alpha value is -3.77. The van der Waals surface area contributed by atoms with Crippen LogP contribution in [0, 0.1) is 35.0 Å². The third kappa shape index (κ3) is 10.7. The van der Waals surface area contributed by atoms with E-state index in [1.165, 1.54) is 4.90 Å². The van der Waals surface area contributed by atoms with Crippen molar-refractivity contribution in [1.29, 1.82) is 0 Å². The molecular weight excluding hydrogens is 751 g/mol. The normalized spacial score (nSPS) is 27.2. The van der Waals surface area contributed by atoms with Gasteiger partial charge in [0.05, 0.1) is 30.1 Å². The van der Waals surface area contributed by atoms with E-state index in [1.54, 1.807) is 27.7 Å². The molecule has 18 heteroatoms. The van der Waals surface area contributed by atoms with Gasteiger partial charge in [-0.25, -0.2) is 0 Å². The number of carbonyl (C=O) groups excluding carboxylic acids is 5. The van der Waals surface area contributed by atoms with Gasteiger partial charge >= 0.3 is 19.1 Å². The van der Waals surface area contributed by atoms with Crippen LogP contribution in [0.5, 0.6) is 0 Å². The molecule has 0 aromatic rings. The van der Waals surface area contributed by atoms with E-state index in [4.69, 9.17) is 20.1 Å². The lowest BCUT2D eigenvalue weighted by Gasteiger charge is -2.64.